The first kappa shape index (κ1) is 16.4. The normalized spacial score (nSPS) is 10.7. The Labute approximate surface area is 138 Å². The summed E-state index contributed by atoms with van der Waals surface area (Å²) in [5.74, 6) is 6.93. The monoisotopic (exact) mass is 342 g/mol. The fourth-order valence-electron chi connectivity index (χ4n) is 1.78. The van der Waals surface area contributed by atoms with Crippen molar-refractivity contribution in [2.75, 3.05) is 5.43 Å². The van der Waals surface area contributed by atoms with E-state index in [-0.39, 0.29) is 0 Å². The summed E-state index contributed by atoms with van der Waals surface area (Å²) < 4.78 is 0. The molecule has 0 atom stereocenters. The molecule has 0 aliphatic rings. The predicted octanol–water partition coefficient (Wildman–Crippen LogP) is 4.48. The van der Waals surface area contributed by atoms with E-state index in [1.54, 1.807) is 12.1 Å². The summed E-state index contributed by atoms with van der Waals surface area (Å²) in [4.78, 5) is 9.85. The van der Waals surface area contributed by atoms with Gasteiger partial charge in [0.2, 0.25) is 0 Å². The zero-order chi connectivity index (χ0) is 15.4. The van der Waals surface area contributed by atoms with E-state index in [0.29, 0.717) is 15.9 Å². The largest absolute Gasteiger partial charge is 0.308 e. The van der Waals surface area contributed by atoms with Crippen molar-refractivity contribution in [2.45, 2.75) is 36.6 Å². The Bertz CT molecular complexity index is 649. The standard InChI is InChI=1S/C14H16Cl2N4S/c1-3-4-12-18-13(20-17)8(2)14(19-12)21-11-7-9(15)5-6-10(11)16/h5-7H,3-4,17H2,1-2H3,(H,18,19,20). The van der Waals surface area contributed by atoms with Gasteiger partial charge in [-0.2, -0.15) is 0 Å². The van der Waals surface area contributed by atoms with E-state index in [1.165, 1.54) is 11.8 Å². The van der Waals surface area contributed by atoms with E-state index in [9.17, 15) is 0 Å². The minimum atomic E-state index is 0.633. The summed E-state index contributed by atoms with van der Waals surface area (Å²) in [7, 11) is 0. The van der Waals surface area contributed by atoms with Gasteiger partial charge in [0.1, 0.15) is 16.7 Å². The lowest BCUT2D eigenvalue weighted by Crippen LogP contribution is -2.13. The third-order valence-corrected chi connectivity index (χ3v) is 4.68. The Balaban J connectivity index is 2.42. The summed E-state index contributed by atoms with van der Waals surface area (Å²) in [6, 6.07) is 5.36. The van der Waals surface area contributed by atoms with Gasteiger partial charge in [-0.1, -0.05) is 41.9 Å². The molecule has 1 aromatic carbocycles. The quantitative estimate of drug-likeness (QED) is 0.476. The highest BCUT2D eigenvalue weighted by atomic mass is 35.5. The van der Waals surface area contributed by atoms with Crippen molar-refractivity contribution >= 4 is 40.8 Å². The third-order valence-electron chi connectivity index (χ3n) is 2.86. The van der Waals surface area contributed by atoms with Gasteiger partial charge in [-0.15, -0.1) is 0 Å². The summed E-state index contributed by atoms with van der Waals surface area (Å²) in [6.07, 6.45) is 1.76. The van der Waals surface area contributed by atoms with Gasteiger partial charge in [0, 0.05) is 21.9 Å². The van der Waals surface area contributed by atoms with Crippen LogP contribution in [0, 0.1) is 6.92 Å². The van der Waals surface area contributed by atoms with Crippen molar-refractivity contribution in [3.8, 4) is 0 Å². The van der Waals surface area contributed by atoms with Crippen LogP contribution in [0.15, 0.2) is 28.1 Å². The molecule has 0 fully saturated rings. The maximum Gasteiger partial charge on any atom is 0.147 e. The molecule has 0 radical (unpaired) electrons. The van der Waals surface area contributed by atoms with Crippen LogP contribution in [-0.4, -0.2) is 9.97 Å². The minimum absolute atomic E-state index is 0.633. The molecule has 7 heteroatoms. The van der Waals surface area contributed by atoms with Crippen molar-refractivity contribution in [1.29, 1.82) is 0 Å². The fraction of sp³-hybridized carbons (Fsp3) is 0.286. The Morgan fingerprint density at radius 3 is 2.71 bits per heavy atom. The van der Waals surface area contributed by atoms with E-state index in [4.69, 9.17) is 29.0 Å². The Morgan fingerprint density at radius 2 is 2.05 bits per heavy atom. The summed E-state index contributed by atoms with van der Waals surface area (Å²) >= 11 is 13.7. The van der Waals surface area contributed by atoms with Gasteiger partial charge in [0.05, 0.1) is 5.02 Å². The summed E-state index contributed by atoms with van der Waals surface area (Å²) in [5.41, 5.74) is 3.51. The number of nitrogens with zero attached hydrogens (tertiary/aromatic N) is 2. The molecule has 0 aliphatic carbocycles. The number of hydrazine groups is 1. The first-order valence-electron chi connectivity index (χ1n) is 6.52. The van der Waals surface area contributed by atoms with Gasteiger partial charge in [-0.05, 0) is 31.5 Å². The second-order valence-corrected chi connectivity index (χ2v) is 6.36. The van der Waals surface area contributed by atoms with Crippen LogP contribution in [0.4, 0.5) is 5.82 Å². The van der Waals surface area contributed by atoms with Crippen LogP contribution >= 0.6 is 35.0 Å². The molecule has 1 aromatic heterocycles. The maximum absolute atomic E-state index is 6.21. The van der Waals surface area contributed by atoms with Crippen LogP contribution in [0.5, 0.6) is 0 Å². The molecule has 2 rings (SSSR count). The zero-order valence-electron chi connectivity index (χ0n) is 11.8. The van der Waals surface area contributed by atoms with Crippen LogP contribution in [0.1, 0.15) is 24.7 Å². The molecule has 3 N–H and O–H groups in total. The van der Waals surface area contributed by atoms with Crippen LogP contribution in [0.25, 0.3) is 0 Å². The molecule has 0 spiro atoms. The van der Waals surface area contributed by atoms with Gasteiger partial charge in [0.25, 0.3) is 0 Å². The van der Waals surface area contributed by atoms with Crippen molar-refractivity contribution < 1.29 is 0 Å². The molecule has 0 amide bonds. The van der Waals surface area contributed by atoms with Gasteiger partial charge in [0.15, 0.2) is 0 Å². The molecule has 0 saturated carbocycles. The van der Waals surface area contributed by atoms with Crippen LogP contribution in [0.2, 0.25) is 10.0 Å². The number of aryl methyl sites for hydroxylation is 1. The average Bonchev–Trinajstić information content (AvgIpc) is 2.46. The van der Waals surface area contributed by atoms with Crippen LogP contribution in [0.3, 0.4) is 0 Å². The summed E-state index contributed by atoms with van der Waals surface area (Å²) in [6.45, 7) is 4.01. The number of benzene rings is 1. The SMILES string of the molecule is CCCc1nc(NN)c(C)c(Sc2cc(Cl)ccc2Cl)n1. The van der Waals surface area contributed by atoms with Crippen molar-refractivity contribution in [2.24, 2.45) is 5.84 Å². The second kappa shape index (κ2) is 7.31. The molecular weight excluding hydrogens is 327 g/mol. The number of nitrogens with two attached hydrogens (primary N) is 1. The number of hydrogen-bond donors (Lipinski definition) is 2. The number of rotatable bonds is 5. The van der Waals surface area contributed by atoms with Crippen molar-refractivity contribution in [3.05, 3.63) is 39.6 Å². The number of nitrogens with one attached hydrogen (secondary N) is 1. The average molecular weight is 343 g/mol. The maximum atomic E-state index is 6.21. The highest BCUT2D eigenvalue weighted by Gasteiger charge is 2.13. The topological polar surface area (TPSA) is 63.8 Å². The van der Waals surface area contributed by atoms with Crippen molar-refractivity contribution in [3.63, 3.8) is 0 Å². The molecule has 0 saturated heterocycles. The first-order chi connectivity index (χ1) is 10.0. The number of hydrogen-bond acceptors (Lipinski definition) is 5. The second-order valence-electron chi connectivity index (χ2n) is 4.49. The highest BCUT2D eigenvalue weighted by Crippen LogP contribution is 2.36. The smallest absolute Gasteiger partial charge is 0.147 e. The summed E-state index contributed by atoms with van der Waals surface area (Å²) in [5, 5.41) is 2.10. The molecule has 0 bridgehead atoms. The molecule has 21 heavy (non-hydrogen) atoms. The fourth-order valence-corrected chi connectivity index (χ4v) is 3.21. The third kappa shape index (κ3) is 4.01. The predicted molar refractivity (Wildman–Crippen MR) is 89.2 cm³/mol. The lowest BCUT2D eigenvalue weighted by atomic mass is 10.3. The van der Waals surface area contributed by atoms with E-state index in [0.717, 1.165) is 34.2 Å². The Kier molecular flexibility index (Phi) is 5.70. The van der Waals surface area contributed by atoms with Gasteiger partial charge >= 0.3 is 0 Å². The molecular formula is C14H16Cl2N4S. The minimum Gasteiger partial charge on any atom is -0.308 e. The number of halogens is 2. The van der Waals surface area contributed by atoms with Gasteiger partial charge in [-0.3, -0.25) is 0 Å². The highest BCUT2D eigenvalue weighted by molar-refractivity contribution is 7.99. The van der Waals surface area contributed by atoms with E-state index in [1.807, 2.05) is 13.0 Å². The molecule has 0 unspecified atom stereocenters. The lowest BCUT2D eigenvalue weighted by Gasteiger charge is -2.12. The van der Waals surface area contributed by atoms with Crippen LogP contribution in [-0.2, 0) is 6.42 Å². The molecule has 0 aliphatic heterocycles. The Hall–Kier alpha value is -1.01. The molecule has 1 heterocycles. The lowest BCUT2D eigenvalue weighted by molar-refractivity contribution is 0.802. The molecule has 4 nitrogen and oxygen atoms in total. The first-order valence-corrected chi connectivity index (χ1v) is 8.09. The van der Waals surface area contributed by atoms with Gasteiger partial charge in [-0.25, -0.2) is 15.8 Å². The number of anilines is 1. The Morgan fingerprint density at radius 1 is 1.29 bits per heavy atom. The van der Waals surface area contributed by atoms with E-state index in [2.05, 4.69) is 22.3 Å². The molecule has 112 valence electrons. The number of nitrogen functional groups attached to an aromatic ring is 1. The van der Waals surface area contributed by atoms with Crippen LogP contribution < -0.4 is 11.3 Å². The van der Waals surface area contributed by atoms with E-state index < -0.39 is 0 Å². The zero-order valence-corrected chi connectivity index (χ0v) is 14.1. The van der Waals surface area contributed by atoms with Gasteiger partial charge < -0.3 is 5.43 Å². The van der Waals surface area contributed by atoms with E-state index >= 15 is 0 Å². The molecule has 2 aromatic rings. The number of aromatic nitrogens is 2. The van der Waals surface area contributed by atoms with Crippen molar-refractivity contribution in [1.82, 2.24) is 9.97 Å².